The molecule has 0 saturated carbocycles. The molecular formula is C36H40N4O4. The van der Waals surface area contributed by atoms with Crippen molar-refractivity contribution in [2.24, 2.45) is 0 Å². The summed E-state index contributed by atoms with van der Waals surface area (Å²) in [5.74, 6) is -0.526. The number of esters is 2. The third kappa shape index (κ3) is 5.55. The van der Waals surface area contributed by atoms with Crippen molar-refractivity contribution >= 4 is 48.4 Å². The van der Waals surface area contributed by atoms with Gasteiger partial charge in [0.05, 0.1) is 14.2 Å². The SMILES string of the molecule is C=Cc1c2[nH]c(c1C)C=c1[nH]c(c(CCC(=O)OC)c1C)=Cc1[nH]c(c(C)c1CCC(=O)OC)C=c1[nH]c(c(C)c1C=C)=C2. The lowest BCUT2D eigenvalue weighted by molar-refractivity contribution is -0.141. The first-order valence-corrected chi connectivity index (χ1v) is 14.8. The number of hydrogen-bond donors (Lipinski definition) is 4. The molecule has 4 N–H and O–H groups in total. The largest absolute Gasteiger partial charge is 0.469 e. The first-order valence-electron chi connectivity index (χ1n) is 14.8. The van der Waals surface area contributed by atoms with Crippen molar-refractivity contribution < 1.29 is 19.1 Å². The van der Waals surface area contributed by atoms with Gasteiger partial charge < -0.3 is 29.4 Å². The third-order valence-electron chi connectivity index (χ3n) is 8.81. The maximum absolute atomic E-state index is 12.2. The summed E-state index contributed by atoms with van der Waals surface area (Å²) in [6, 6.07) is 0. The molecule has 4 aromatic rings. The van der Waals surface area contributed by atoms with Gasteiger partial charge in [0.25, 0.3) is 0 Å². The van der Waals surface area contributed by atoms with Gasteiger partial charge in [-0.2, -0.15) is 0 Å². The smallest absolute Gasteiger partial charge is 0.305 e. The first kappa shape index (κ1) is 30.5. The van der Waals surface area contributed by atoms with Crippen molar-refractivity contribution in [1.82, 2.24) is 19.9 Å². The topological polar surface area (TPSA) is 116 Å². The number of hydrogen-bond acceptors (Lipinski definition) is 4. The molecule has 228 valence electrons. The van der Waals surface area contributed by atoms with Crippen LogP contribution in [0.25, 0.3) is 36.5 Å². The van der Waals surface area contributed by atoms with Crippen LogP contribution in [0.5, 0.6) is 0 Å². The van der Waals surface area contributed by atoms with E-state index in [0.717, 1.165) is 88.7 Å². The Hall–Kier alpha value is -4.98. The van der Waals surface area contributed by atoms with Crippen LogP contribution < -0.4 is 21.4 Å². The molecule has 0 aliphatic carbocycles. The van der Waals surface area contributed by atoms with Gasteiger partial charge in [0.15, 0.2) is 0 Å². The number of fused-ring (bicyclic) bond motifs is 8. The van der Waals surface area contributed by atoms with Crippen LogP contribution in [0.1, 0.15) is 80.1 Å². The van der Waals surface area contributed by atoms with Crippen LogP contribution in [0.4, 0.5) is 0 Å². The molecule has 0 aromatic carbocycles. The Morgan fingerprint density at radius 2 is 1.09 bits per heavy atom. The van der Waals surface area contributed by atoms with E-state index < -0.39 is 0 Å². The fourth-order valence-electron chi connectivity index (χ4n) is 6.12. The Balaban J connectivity index is 1.89. The van der Waals surface area contributed by atoms with Gasteiger partial charge in [-0.25, -0.2) is 0 Å². The van der Waals surface area contributed by atoms with Crippen LogP contribution in [-0.2, 0) is 31.9 Å². The number of aromatic nitrogens is 4. The molecule has 0 spiro atoms. The molecule has 1 aliphatic rings. The van der Waals surface area contributed by atoms with E-state index in [-0.39, 0.29) is 24.8 Å². The summed E-state index contributed by atoms with van der Waals surface area (Å²) < 4.78 is 9.91. The van der Waals surface area contributed by atoms with Gasteiger partial charge >= 0.3 is 11.9 Å². The number of ether oxygens (including phenoxy) is 2. The van der Waals surface area contributed by atoms with Crippen molar-refractivity contribution in [1.29, 1.82) is 0 Å². The number of carbonyl (C=O) groups is 2. The molecular weight excluding hydrogens is 552 g/mol. The molecule has 5 rings (SSSR count). The highest BCUT2D eigenvalue weighted by Gasteiger charge is 2.17. The first-order chi connectivity index (χ1) is 21.1. The highest BCUT2D eigenvalue weighted by molar-refractivity contribution is 5.73. The molecule has 44 heavy (non-hydrogen) atoms. The lowest BCUT2D eigenvalue weighted by Gasteiger charge is -2.03. The van der Waals surface area contributed by atoms with Gasteiger partial charge in [-0.15, -0.1) is 0 Å². The van der Waals surface area contributed by atoms with E-state index >= 15 is 0 Å². The molecule has 1 aliphatic heterocycles. The Morgan fingerprint density at radius 1 is 0.591 bits per heavy atom. The number of aromatic amines is 4. The zero-order valence-corrected chi connectivity index (χ0v) is 26.3. The molecule has 5 heterocycles. The van der Waals surface area contributed by atoms with Crippen LogP contribution in [0.3, 0.4) is 0 Å². The maximum Gasteiger partial charge on any atom is 0.305 e. The monoisotopic (exact) mass is 592 g/mol. The second-order valence-corrected chi connectivity index (χ2v) is 11.2. The average molecular weight is 593 g/mol. The van der Waals surface area contributed by atoms with Crippen molar-refractivity contribution in [3.05, 3.63) is 102 Å². The van der Waals surface area contributed by atoms with E-state index in [4.69, 9.17) is 9.47 Å². The zero-order chi connectivity index (χ0) is 31.7. The van der Waals surface area contributed by atoms with Crippen LogP contribution in [-0.4, -0.2) is 46.1 Å². The quantitative estimate of drug-likeness (QED) is 0.207. The molecule has 0 fully saturated rings. The Labute approximate surface area is 256 Å². The fourth-order valence-corrected chi connectivity index (χ4v) is 6.12. The molecule has 0 saturated heterocycles. The highest BCUT2D eigenvalue weighted by Crippen LogP contribution is 2.24. The summed E-state index contributed by atoms with van der Waals surface area (Å²) in [5.41, 5.74) is 12.1. The van der Waals surface area contributed by atoms with Gasteiger partial charge in [-0.1, -0.05) is 25.3 Å². The highest BCUT2D eigenvalue weighted by atomic mass is 16.5. The fraction of sp³-hybridized carbons (Fsp3) is 0.278. The van der Waals surface area contributed by atoms with E-state index in [1.165, 1.54) is 14.2 Å². The van der Waals surface area contributed by atoms with Crippen LogP contribution in [0.15, 0.2) is 13.2 Å². The van der Waals surface area contributed by atoms with Crippen molar-refractivity contribution in [2.75, 3.05) is 14.2 Å². The zero-order valence-electron chi connectivity index (χ0n) is 26.3. The standard InChI is InChI=1S/C36H40N4O4/c1-9-23-19(3)27-15-28-21(5)25(11-13-35(41)43-7)33(39-28)18-34-26(12-14-36(42)44-8)22(6)30(40-34)17-32-24(10-2)20(4)29(38-32)16-31(23)37-27/h9-10,15-18,37-40H,1-2,11-14H2,3-8H3. The van der Waals surface area contributed by atoms with Crippen LogP contribution in [0.2, 0.25) is 0 Å². The van der Waals surface area contributed by atoms with Gasteiger partial charge in [0.1, 0.15) is 0 Å². The van der Waals surface area contributed by atoms with Gasteiger partial charge in [-0.3, -0.25) is 9.59 Å². The molecule has 4 aromatic heterocycles. The number of rotatable bonds is 8. The molecule has 0 unspecified atom stereocenters. The average Bonchev–Trinajstić information content (AvgIpc) is 3.67. The predicted octanol–water partition coefficient (Wildman–Crippen LogP) is 3.36. The van der Waals surface area contributed by atoms with E-state index in [2.05, 4.69) is 85.1 Å². The van der Waals surface area contributed by atoms with Gasteiger partial charge in [-0.05, 0) is 98.2 Å². The Bertz CT molecular complexity index is 2060. The van der Waals surface area contributed by atoms with Crippen LogP contribution in [0, 0.1) is 27.7 Å². The molecule has 8 heteroatoms. The minimum atomic E-state index is -0.264. The van der Waals surface area contributed by atoms with Crippen molar-refractivity contribution in [3.8, 4) is 0 Å². The lowest BCUT2D eigenvalue weighted by Crippen LogP contribution is -2.14. The summed E-state index contributed by atoms with van der Waals surface area (Å²) in [6.45, 7) is 16.5. The van der Waals surface area contributed by atoms with E-state index in [0.29, 0.717) is 12.8 Å². The van der Waals surface area contributed by atoms with Gasteiger partial charge in [0.2, 0.25) is 0 Å². The molecule has 0 radical (unpaired) electrons. The van der Waals surface area contributed by atoms with E-state index in [1.807, 2.05) is 12.2 Å². The summed E-state index contributed by atoms with van der Waals surface area (Å²) in [6.07, 6.45) is 13.7. The molecule has 0 atom stereocenters. The third-order valence-corrected chi connectivity index (χ3v) is 8.81. The minimum absolute atomic E-state index is 0.256. The number of H-pyrrole nitrogens is 4. The summed E-state index contributed by atoms with van der Waals surface area (Å²) in [4.78, 5) is 38.8. The summed E-state index contributed by atoms with van der Waals surface area (Å²) in [7, 11) is 2.81. The molecule has 8 nitrogen and oxygen atoms in total. The Kier molecular flexibility index (Phi) is 8.54. The summed E-state index contributed by atoms with van der Waals surface area (Å²) >= 11 is 0. The summed E-state index contributed by atoms with van der Waals surface area (Å²) in [5, 5.41) is 3.73. The number of carbonyl (C=O) groups excluding carboxylic acids is 2. The van der Waals surface area contributed by atoms with Crippen molar-refractivity contribution in [3.63, 3.8) is 0 Å². The maximum atomic E-state index is 12.2. The number of methoxy groups -OCH3 is 2. The number of nitrogens with one attached hydrogen (secondary N) is 4. The second kappa shape index (κ2) is 12.3. The minimum Gasteiger partial charge on any atom is -0.469 e. The Morgan fingerprint density at radius 3 is 1.73 bits per heavy atom. The van der Waals surface area contributed by atoms with E-state index in [1.54, 1.807) is 0 Å². The van der Waals surface area contributed by atoms with E-state index in [9.17, 15) is 9.59 Å². The normalized spacial score (nSPS) is 12.0. The predicted molar refractivity (Wildman–Crippen MR) is 176 cm³/mol. The second-order valence-electron chi connectivity index (χ2n) is 11.2. The molecule has 8 bridgehead atoms. The molecule has 0 amide bonds. The van der Waals surface area contributed by atoms with Gasteiger partial charge in [0, 0.05) is 68.1 Å². The van der Waals surface area contributed by atoms with Crippen molar-refractivity contribution in [2.45, 2.75) is 53.4 Å². The lowest BCUT2D eigenvalue weighted by atomic mass is 10.0. The van der Waals surface area contributed by atoms with Crippen LogP contribution >= 0.6 is 0 Å².